The van der Waals surface area contributed by atoms with E-state index in [4.69, 9.17) is 19.3 Å². The van der Waals surface area contributed by atoms with E-state index in [-0.39, 0.29) is 18.8 Å². The normalized spacial score (nSPS) is 24.7. The van der Waals surface area contributed by atoms with E-state index >= 15 is 0 Å². The van der Waals surface area contributed by atoms with Crippen LogP contribution in [0.1, 0.15) is 36.6 Å². The van der Waals surface area contributed by atoms with Gasteiger partial charge in [-0.15, -0.1) is 0 Å². The summed E-state index contributed by atoms with van der Waals surface area (Å²) in [4.78, 5) is 0. The van der Waals surface area contributed by atoms with Gasteiger partial charge in [0.2, 0.25) is 0 Å². The predicted octanol–water partition coefficient (Wildman–Crippen LogP) is 3.05. The molecule has 0 amide bonds. The number of hydrogen-bond donors (Lipinski definition) is 1. The van der Waals surface area contributed by atoms with Crippen molar-refractivity contribution in [2.45, 2.75) is 45.7 Å². The van der Waals surface area contributed by atoms with Gasteiger partial charge in [-0.1, -0.05) is 23.8 Å². The Labute approximate surface area is 126 Å². The molecule has 4 nitrogen and oxygen atoms in total. The highest BCUT2D eigenvalue weighted by Gasteiger charge is 2.42. The van der Waals surface area contributed by atoms with Crippen LogP contribution in [-0.4, -0.2) is 30.7 Å². The van der Waals surface area contributed by atoms with E-state index in [1.54, 1.807) is 13.2 Å². The van der Waals surface area contributed by atoms with Gasteiger partial charge in [-0.25, -0.2) is 0 Å². The topological polar surface area (TPSA) is 47.9 Å². The summed E-state index contributed by atoms with van der Waals surface area (Å²) in [5.74, 6) is 0.159. The highest BCUT2D eigenvalue weighted by molar-refractivity contribution is 5.46. The summed E-state index contributed by atoms with van der Waals surface area (Å²) in [5, 5.41) is 8.99. The lowest BCUT2D eigenvalue weighted by molar-refractivity contribution is -0.143. The minimum absolute atomic E-state index is 0.0169. The SMILES string of the molecule is COc1c(C)cc(C)cc1[C@@H]1OC(C)(C)O[C@H]1/C=C/CO. The Hall–Kier alpha value is -1.36. The molecule has 0 bridgehead atoms. The molecule has 0 aromatic heterocycles. The minimum Gasteiger partial charge on any atom is -0.496 e. The maximum Gasteiger partial charge on any atom is 0.164 e. The van der Waals surface area contributed by atoms with Gasteiger partial charge in [0.25, 0.3) is 0 Å². The summed E-state index contributed by atoms with van der Waals surface area (Å²) in [7, 11) is 1.67. The molecule has 4 heteroatoms. The summed E-state index contributed by atoms with van der Waals surface area (Å²) < 4.78 is 17.5. The van der Waals surface area contributed by atoms with Crippen molar-refractivity contribution in [3.63, 3.8) is 0 Å². The molecule has 116 valence electrons. The Bertz CT molecular complexity index is 534. The van der Waals surface area contributed by atoms with Crippen LogP contribution >= 0.6 is 0 Å². The third kappa shape index (κ3) is 3.46. The molecule has 1 saturated heterocycles. The molecule has 1 aliphatic heterocycles. The van der Waals surface area contributed by atoms with Crippen LogP contribution in [0.4, 0.5) is 0 Å². The average Bonchev–Trinajstić information content (AvgIpc) is 2.70. The van der Waals surface area contributed by atoms with Crippen molar-refractivity contribution in [3.05, 3.63) is 41.0 Å². The highest BCUT2D eigenvalue weighted by atomic mass is 16.7. The molecule has 1 aromatic carbocycles. The smallest absolute Gasteiger partial charge is 0.164 e. The molecule has 0 radical (unpaired) electrons. The van der Waals surface area contributed by atoms with E-state index in [9.17, 15) is 0 Å². The second kappa shape index (κ2) is 6.18. The van der Waals surface area contributed by atoms with Crippen molar-refractivity contribution >= 4 is 0 Å². The molecule has 1 aromatic rings. The molecule has 1 aliphatic rings. The number of hydrogen-bond acceptors (Lipinski definition) is 4. The van der Waals surface area contributed by atoms with Gasteiger partial charge in [-0.05, 0) is 39.3 Å². The zero-order valence-electron chi connectivity index (χ0n) is 13.3. The maximum atomic E-state index is 8.99. The molecule has 2 rings (SSSR count). The van der Waals surface area contributed by atoms with Gasteiger partial charge >= 0.3 is 0 Å². The van der Waals surface area contributed by atoms with Crippen LogP contribution in [0.5, 0.6) is 5.75 Å². The number of methoxy groups -OCH3 is 1. The summed E-state index contributed by atoms with van der Waals surface area (Å²) in [5.41, 5.74) is 3.21. The van der Waals surface area contributed by atoms with E-state index in [1.807, 2.05) is 26.8 Å². The van der Waals surface area contributed by atoms with Gasteiger partial charge in [0.05, 0.1) is 13.7 Å². The molecule has 0 aliphatic carbocycles. The predicted molar refractivity (Wildman–Crippen MR) is 81.5 cm³/mol. The molecule has 2 atom stereocenters. The van der Waals surface area contributed by atoms with Crippen molar-refractivity contribution in [2.24, 2.45) is 0 Å². The quantitative estimate of drug-likeness (QED) is 0.867. The number of aryl methyl sites for hydroxylation is 2. The fraction of sp³-hybridized carbons (Fsp3) is 0.529. The molecule has 0 spiro atoms. The van der Waals surface area contributed by atoms with Crippen molar-refractivity contribution < 1.29 is 19.3 Å². The first-order valence-corrected chi connectivity index (χ1v) is 7.16. The van der Waals surface area contributed by atoms with E-state index in [0.717, 1.165) is 22.4 Å². The molecule has 21 heavy (non-hydrogen) atoms. The van der Waals surface area contributed by atoms with Crippen LogP contribution in [0.25, 0.3) is 0 Å². The Kier molecular flexibility index (Phi) is 4.71. The summed E-state index contributed by atoms with van der Waals surface area (Å²) in [6.45, 7) is 7.84. The zero-order chi connectivity index (χ0) is 15.6. The first kappa shape index (κ1) is 16.0. The van der Waals surface area contributed by atoms with Crippen molar-refractivity contribution in [2.75, 3.05) is 13.7 Å². The number of ether oxygens (including phenoxy) is 3. The van der Waals surface area contributed by atoms with Crippen LogP contribution in [-0.2, 0) is 9.47 Å². The summed E-state index contributed by atoms with van der Waals surface area (Å²) in [6.07, 6.45) is 3.02. The second-order valence-corrected chi connectivity index (χ2v) is 5.84. The van der Waals surface area contributed by atoms with E-state index in [2.05, 4.69) is 19.1 Å². The molecule has 1 N–H and O–H groups in total. The van der Waals surface area contributed by atoms with E-state index in [0.29, 0.717) is 0 Å². The van der Waals surface area contributed by atoms with Gasteiger partial charge < -0.3 is 19.3 Å². The molecular formula is C17H24O4. The highest BCUT2D eigenvalue weighted by Crippen LogP contribution is 2.43. The van der Waals surface area contributed by atoms with E-state index < -0.39 is 5.79 Å². The molecule has 0 saturated carbocycles. The number of rotatable bonds is 4. The number of aliphatic hydroxyl groups is 1. The number of aliphatic hydroxyl groups excluding tert-OH is 1. The first-order chi connectivity index (χ1) is 9.88. The van der Waals surface area contributed by atoms with E-state index in [1.165, 1.54) is 0 Å². The molecule has 0 unspecified atom stereocenters. The molecular weight excluding hydrogens is 268 g/mol. The third-order valence-corrected chi connectivity index (χ3v) is 3.52. The number of benzene rings is 1. The minimum atomic E-state index is -0.669. The fourth-order valence-electron chi connectivity index (χ4n) is 2.84. The first-order valence-electron chi connectivity index (χ1n) is 7.16. The van der Waals surface area contributed by atoms with Crippen molar-refractivity contribution in [1.82, 2.24) is 0 Å². The Morgan fingerprint density at radius 2 is 2.00 bits per heavy atom. The maximum absolute atomic E-state index is 8.99. The van der Waals surface area contributed by atoms with Gasteiger partial charge in [0.15, 0.2) is 5.79 Å². The Morgan fingerprint density at radius 1 is 1.29 bits per heavy atom. The lowest BCUT2D eigenvalue weighted by atomic mass is 9.98. The van der Waals surface area contributed by atoms with Gasteiger partial charge in [-0.3, -0.25) is 0 Å². The largest absolute Gasteiger partial charge is 0.496 e. The average molecular weight is 292 g/mol. The van der Waals surface area contributed by atoms with Crippen LogP contribution in [0.15, 0.2) is 24.3 Å². The molecule has 1 heterocycles. The third-order valence-electron chi connectivity index (χ3n) is 3.52. The van der Waals surface area contributed by atoms with Gasteiger partial charge in [0.1, 0.15) is 18.0 Å². The monoisotopic (exact) mass is 292 g/mol. The lowest BCUT2D eigenvalue weighted by Crippen LogP contribution is -2.20. The van der Waals surface area contributed by atoms with Crippen LogP contribution in [0, 0.1) is 13.8 Å². The van der Waals surface area contributed by atoms with Crippen molar-refractivity contribution in [1.29, 1.82) is 0 Å². The van der Waals surface area contributed by atoms with Crippen LogP contribution in [0.3, 0.4) is 0 Å². The lowest BCUT2D eigenvalue weighted by Gasteiger charge is -2.20. The van der Waals surface area contributed by atoms with Crippen LogP contribution < -0.4 is 4.74 Å². The summed E-state index contributed by atoms with van der Waals surface area (Å²) in [6, 6.07) is 4.16. The Balaban J connectivity index is 2.45. The van der Waals surface area contributed by atoms with Crippen LogP contribution in [0.2, 0.25) is 0 Å². The Morgan fingerprint density at radius 3 is 2.62 bits per heavy atom. The van der Waals surface area contributed by atoms with Gasteiger partial charge in [-0.2, -0.15) is 0 Å². The fourth-order valence-corrected chi connectivity index (χ4v) is 2.84. The standard InChI is InChI=1S/C17H24O4/c1-11-9-12(2)15(19-5)13(10-11)16-14(7-6-8-18)20-17(3,4)21-16/h6-7,9-10,14,16,18H,8H2,1-5H3/b7-6+/t14-,16-/m0/s1. The van der Waals surface area contributed by atoms with Gasteiger partial charge in [0, 0.05) is 5.56 Å². The zero-order valence-corrected chi connectivity index (χ0v) is 13.3. The molecule has 1 fully saturated rings. The summed E-state index contributed by atoms with van der Waals surface area (Å²) >= 11 is 0. The van der Waals surface area contributed by atoms with Crippen molar-refractivity contribution in [3.8, 4) is 5.75 Å². The second-order valence-electron chi connectivity index (χ2n) is 5.84.